The number of carboxylic acid groups (broad SMARTS) is 1. The summed E-state index contributed by atoms with van der Waals surface area (Å²) in [5, 5.41) is 17.6. The molecule has 2 N–H and O–H groups in total. The number of aromatic amines is 1. The first kappa shape index (κ1) is 10.6. The van der Waals surface area contributed by atoms with Gasteiger partial charge in [0.25, 0.3) is 0 Å². The summed E-state index contributed by atoms with van der Waals surface area (Å²) in [5.74, 6) is -0.926. The van der Waals surface area contributed by atoms with E-state index < -0.39 is 5.97 Å². The maximum absolute atomic E-state index is 10.7. The van der Waals surface area contributed by atoms with Crippen LogP contribution in [-0.4, -0.2) is 21.0 Å². The second-order valence-electron chi connectivity index (χ2n) is 3.21. The Balaban J connectivity index is 2.70. The Morgan fingerprint density at radius 3 is 3.00 bits per heavy atom. The van der Waals surface area contributed by atoms with E-state index in [1.165, 1.54) is 0 Å². The van der Waals surface area contributed by atoms with Crippen LogP contribution < -0.4 is 0 Å². The minimum absolute atomic E-state index is 0.112. The lowest BCUT2D eigenvalue weighted by molar-refractivity contribution is -0.136. The predicted molar refractivity (Wildman–Crippen MR) is 59.8 cm³/mol. The van der Waals surface area contributed by atoms with Gasteiger partial charge < -0.3 is 10.1 Å². The minimum atomic E-state index is -0.926. The van der Waals surface area contributed by atoms with Crippen molar-refractivity contribution in [2.45, 2.75) is 6.42 Å². The van der Waals surface area contributed by atoms with Gasteiger partial charge in [0, 0.05) is 0 Å². The van der Waals surface area contributed by atoms with Crippen LogP contribution in [0.25, 0.3) is 11.0 Å². The number of carboxylic acids is 1. The molecule has 0 bridgehead atoms. The Bertz CT molecular complexity index is 612. The molecule has 1 aromatic heterocycles. The number of hydrogen-bond acceptors (Lipinski definition) is 3. The Morgan fingerprint density at radius 2 is 2.38 bits per heavy atom. The fraction of sp³-hybridized carbons (Fsp3) is 0.100. The third-order valence-corrected chi connectivity index (χ3v) is 2.54. The minimum Gasteiger partial charge on any atom is -0.481 e. The predicted octanol–water partition coefficient (Wildman–Crippen LogP) is 1.82. The summed E-state index contributed by atoms with van der Waals surface area (Å²) in [5.41, 5.74) is 2.12. The number of fused-ring (bicyclic) bond motifs is 1. The average molecular weight is 280 g/mol. The van der Waals surface area contributed by atoms with Crippen molar-refractivity contribution in [3.05, 3.63) is 28.0 Å². The van der Waals surface area contributed by atoms with Gasteiger partial charge in [-0.3, -0.25) is 4.79 Å². The zero-order valence-corrected chi connectivity index (χ0v) is 9.58. The number of nitrogens with one attached hydrogen (secondary N) is 1. The molecule has 5 nitrogen and oxygen atoms in total. The van der Waals surface area contributed by atoms with Crippen molar-refractivity contribution in [2.24, 2.45) is 0 Å². The molecule has 0 aliphatic rings. The van der Waals surface area contributed by atoms with Gasteiger partial charge in [-0.15, -0.1) is 0 Å². The molecule has 0 aliphatic carbocycles. The number of carbonyl (C=O) groups is 1. The molecule has 0 radical (unpaired) electrons. The number of hydrogen-bond donors (Lipinski definition) is 2. The third-order valence-electron chi connectivity index (χ3n) is 2.16. The normalized spacial score (nSPS) is 10.2. The Kier molecular flexibility index (Phi) is 2.62. The van der Waals surface area contributed by atoms with Gasteiger partial charge in [-0.1, -0.05) is 6.07 Å². The zero-order chi connectivity index (χ0) is 11.7. The highest BCUT2D eigenvalue weighted by atomic mass is 79.9. The van der Waals surface area contributed by atoms with Crippen LogP contribution in [0.4, 0.5) is 0 Å². The molecule has 0 atom stereocenters. The Morgan fingerprint density at radius 1 is 1.62 bits per heavy atom. The van der Waals surface area contributed by atoms with Gasteiger partial charge in [-0.25, -0.2) is 4.98 Å². The summed E-state index contributed by atoms with van der Waals surface area (Å²) in [6.45, 7) is 0. The monoisotopic (exact) mass is 279 g/mol. The molecule has 16 heavy (non-hydrogen) atoms. The first-order valence-corrected chi connectivity index (χ1v) is 5.20. The first-order chi connectivity index (χ1) is 7.61. The molecule has 2 aromatic rings. The molecule has 80 valence electrons. The van der Waals surface area contributed by atoms with Gasteiger partial charge in [0.15, 0.2) is 4.73 Å². The molecule has 0 fully saturated rings. The second-order valence-corrected chi connectivity index (χ2v) is 3.96. The Hall–Kier alpha value is -1.87. The summed E-state index contributed by atoms with van der Waals surface area (Å²) < 4.78 is 0.483. The van der Waals surface area contributed by atoms with E-state index in [9.17, 15) is 4.79 Å². The van der Waals surface area contributed by atoms with Crippen LogP contribution in [0.5, 0.6) is 0 Å². The summed E-state index contributed by atoms with van der Waals surface area (Å²) >= 11 is 3.16. The highest BCUT2D eigenvalue weighted by Crippen LogP contribution is 2.22. The van der Waals surface area contributed by atoms with Gasteiger partial charge in [0.1, 0.15) is 6.07 Å². The van der Waals surface area contributed by atoms with Crippen molar-refractivity contribution in [2.75, 3.05) is 0 Å². The van der Waals surface area contributed by atoms with E-state index in [0.717, 1.165) is 0 Å². The van der Waals surface area contributed by atoms with Crippen LogP contribution in [0, 0.1) is 11.3 Å². The number of nitrogens with zero attached hydrogens (tertiary/aromatic N) is 2. The van der Waals surface area contributed by atoms with E-state index in [2.05, 4.69) is 25.9 Å². The number of aromatic nitrogens is 2. The number of halogens is 1. The molecule has 0 saturated carbocycles. The number of H-pyrrole nitrogens is 1. The summed E-state index contributed by atoms with van der Waals surface area (Å²) in [7, 11) is 0. The molecular formula is C10H6BrN3O2. The van der Waals surface area contributed by atoms with E-state index in [-0.39, 0.29) is 6.42 Å². The van der Waals surface area contributed by atoms with Crippen molar-refractivity contribution in [3.63, 3.8) is 0 Å². The lowest BCUT2D eigenvalue weighted by Crippen LogP contribution is -2.01. The van der Waals surface area contributed by atoms with Crippen LogP contribution >= 0.6 is 15.9 Å². The number of benzene rings is 1. The second kappa shape index (κ2) is 3.94. The molecule has 0 unspecified atom stereocenters. The summed E-state index contributed by atoms with van der Waals surface area (Å²) in [6.07, 6.45) is -0.112. The summed E-state index contributed by atoms with van der Waals surface area (Å²) in [6, 6.07) is 5.23. The number of nitriles is 1. The average Bonchev–Trinajstić information content (AvgIpc) is 2.59. The lowest BCUT2D eigenvalue weighted by atomic mass is 10.1. The van der Waals surface area contributed by atoms with E-state index in [0.29, 0.717) is 26.9 Å². The third kappa shape index (κ3) is 1.77. The van der Waals surface area contributed by atoms with Crippen LogP contribution in [0.15, 0.2) is 16.9 Å². The molecule has 0 aliphatic heterocycles. The number of aliphatic carboxylic acids is 1. The van der Waals surface area contributed by atoms with E-state index in [1.807, 2.05) is 6.07 Å². The maximum atomic E-state index is 10.7. The molecule has 1 aromatic carbocycles. The van der Waals surface area contributed by atoms with Gasteiger partial charge in [0.2, 0.25) is 0 Å². The molecular weight excluding hydrogens is 274 g/mol. The highest BCUT2D eigenvalue weighted by molar-refractivity contribution is 9.10. The fourth-order valence-electron chi connectivity index (χ4n) is 1.52. The van der Waals surface area contributed by atoms with Crippen LogP contribution in [0.2, 0.25) is 0 Å². The zero-order valence-electron chi connectivity index (χ0n) is 7.99. The standard InChI is InChI=1S/C10H6BrN3O2/c11-10-13-8-5(3-7(15)16)1-2-6(4-12)9(8)14-10/h1-2H,3H2,(H,13,14)(H,15,16). The van der Waals surface area contributed by atoms with Crippen molar-refractivity contribution in [1.29, 1.82) is 5.26 Å². The highest BCUT2D eigenvalue weighted by Gasteiger charge is 2.12. The Labute approximate surface area is 98.9 Å². The first-order valence-electron chi connectivity index (χ1n) is 4.41. The van der Waals surface area contributed by atoms with Crippen molar-refractivity contribution >= 4 is 32.9 Å². The maximum Gasteiger partial charge on any atom is 0.307 e. The molecule has 1 heterocycles. The van der Waals surface area contributed by atoms with Crippen molar-refractivity contribution in [3.8, 4) is 6.07 Å². The topological polar surface area (TPSA) is 89.8 Å². The van der Waals surface area contributed by atoms with Gasteiger partial charge >= 0.3 is 5.97 Å². The van der Waals surface area contributed by atoms with Crippen molar-refractivity contribution < 1.29 is 9.90 Å². The van der Waals surface area contributed by atoms with Crippen LogP contribution in [0.1, 0.15) is 11.1 Å². The largest absolute Gasteiger partial charge is 0.481 e. The number of imidazole rings is 1. The number of rotatable bonds is 2. The quantitative estimate of drug-likeness (QED) is 0.878. The molecule has 0 amide bonds. The van der Waals surface area contributed by atoms with E-state index in [4.69, 9.17) is 10.4 Å². The summed E-state index contributed by atoms with van der Waals surface area (Å²) in [4.78, 5) is 17.7. The van der Waals surface area contributed by atoms with Gasteiger partial charge in [-0.2, -0.15) is 5.26 Å². The molecule has 6 heteroatoms. The van der Waals surface area contributed by atoms with Gasteiger partial charge in [0.05, 0.1) is 23.0 Å². The lowest BCUT2D eigenvalue weighted by Gasteiger charge is -1.99. The van der Waals surface area contributed by atoms with E-state index in [1.54, 1.807) is 12.1 Å². The van der Waals surface area contributed by atoms with Crippen molar-refractivity contribution in [1.82, 2.24) is 9.97 Å². The van der Waals surface area contributed by atoms with Crippen LogP contribution in [-0.2, 0) is 11.2 Å². The molecule has 2 rings (SSSR count). The molecule has 0 spiro atoms. The smallest absolute Gasteiger partial charge is 0.307 e. The molecule has 0 saturated heterocycles. The fourth-order valence-corrected chi connectivity index (χ4v) is 1.89. The van der Waals surface area contributed by atoms with Crippen LogP contribution in [0.3, 0.4) is 0 Å². The SMILES string of the molecule is N#Cc1ccc(CC(=O)O)c2nc(Br)[nH]c12. The van der Waals surface area contributed by atoms with Gasteiger partial charge in [-0.05, 0) is 27.6 Å². The van der Waals surface area contributed by atoms with E-state index >= 15 is 0 Å².